The Kier molecular flexibility index (Phi) is 7.02. The summed E-state index contributed by atoms with van der Waals surface area (Å²) in [6, 6.07) is 15.8. The smallest absolute Gasteiger partial charge is 0.337 e. The number of carbonyl (C=O) groups excluding carboxylic acids is 1. The van der Waals surface area contributed by atoms with Gasteiger partial charge in [-0.15, -0.1) is 13.2 Å². The summed E-state index contributed by atoms with van der Waals surface area (Å²) in [5.74, 6) is 0.517. The molecule has 1 aromatic heterocycles. The molecule has 0 aliphatic heterocycles. The van der Waals surface area contributed by atoms with Gasteiger partial charge in [0.05, 0.1) is 13.1 Å². The van der Waals surface area contributed by atoms with Gasteiger partial charge in [0.25, 0.3) is 0 Å². The van der Waals surface area contributed by atoms with E-state index in [4.69, 9.17) is 4.74 Å². The topological polar surface area (TPSA) is 104 Å². The lowest BCUT2D eigenvalue weighted by molar-refractivity contribution is -0.116. The first kappa shape index (κ1) is 22.3. The highest BCUT2D eigenvalue weighted by Crippen LogP contribution is 2.23. The minimum absolute atomic E-state index is 0.102. The lowest BCUT2D eigenvalue weighted by Gasteiger charge is -2.13. The van der Waals surface area contributed by atoms with Crippen molar-refractivity contribution in [2.24, 2.45) is 0 Å². The second kappa shape index (κ2) is 10.1. The van der Waals surface area contributed by atoms with Crippen molar-refractivity contribution in [3.8, 4) is 11.5 Å². The van der Waals surface area contributed by atoms with Crippen LogP contribution < -0.4 is 27.1 Å². The number of nitrogens with zero attached hydrogens (tertiary/aromatic N) is 3. The van der Waals surface area contributed by atoms with Crippen LogP contribution in [0.2, 0.25) is 0 Å². The summed E-state index contributed by atoms with van der Waals surface area (Å²) in [5, 5.41) is 2.63. The van der Waals surface area contributed by atoms with E-state index in [0.29, 0.717) is 21.8 Å². The summed E-state index contributed by atoms with van der Waals surface area (Å²) in [7, 11) is 0. The normalized spacial score (nSPS) is 10.4. The number of amides is 1. The van der Waals surface area contributed by atoms with E-state index in [1.807, 2.05) is 18.2 Å². The van der Waals surface area contributed by atoms with Crippen molar-refractivity contribution in [2.75, 3.05) is 5.32 Å². The zero-order valence-corrected chi connectivity index (χ0v) is 17.3. The number of carbonyl (C=O) groups is 1. The van der Waals surface area contributed by atoms with Crippen molar-refractivity contribution >= 4 is 11.6 Å². The number of nitrogens with one attached hydrogen (secondary N) is 1. The third-order valence-corrected chi connectivity index (χ3v) is 4.41. The molecule has 164 valence electrons. The summed E-state index contributed by atoms with van der Waals surface area (Å²) in [5.41, 5.74) is -2.16. The molecule has 9 nitrogen and oxygen atoms in total. The Morgan fingerprint density at radius 1 is 0.812 bits per heavy atom. The SMILES string of the molecule is C=CCn1c(=O)n(CC=C)c(=O)n(CC(=O)Nc2cccc(Oc3ccccc3)c2)c1=O. The quantitative estimate of drug-likeness (QED) is 0.519. The van der Waals surface area contributed by atoms with Crippen molar-refractivity contribution in [3.05, 3.63) is 111 Å². The zero-order valence-electron chi connectivity index (χ0n) is 17.3. The molecule has 0 spiro atoms. The average Bonchev–Trinajstić information content (AvgIpc) is 2.78. The van der Waals surface area contributed by atoms with Gasteiger partial charge in [-0.2, -0.15) is 0 Å². The van der Waals surface area contributed by atoms with Crippen LogP contribution >= 0.6 is 0 Å². The fraction of sp³-hybridized carbons (Fsp3) is 0.130. The van der Waals surface area contributed by atoms with Crippen molar-refractivity contribution < 1.29 is 9.53 Å². The number of rotatable bonds is 9. The van der Waals surface area contributed by atoms with E-state index in [1.54, 1.807) is 36.4 Å². The molecule has 0 radical (unpaired) electrons. The van der Waals surface area contributed by atoms with E-state index < -0.39 is 29.5 Å². The maximum absolute atomic E-state index is 12.6. The second-order valence-corrected chi connectivity index (χ2v) is 6.72. The minimum Gasteiger partial charge on any atom is -0.457 e. The lowest BCUT2D eigenvalue weighted by atomic mass is 10.3. The van der Waals surface area contributed by atoms with Crippen LogP contribution in [0.3, 0.4) is 0 Å². The first-order valence-electron chi connectivity index (χ1n) is 9.73. The first-order valence-corrected chi connectivity index (χ1v) is 9.73. The maximum Gasteiger partial charge on any atom is 0.337 e. The van der Waals surface area contributed by atoms with Gasteiger partial charge in [0.15, 0.2) is 0 Å². The van der Waals surface area contributed by atoms with Crippen LogP contribution in [0.15, 0.2) is 94.3 Å². The van der Waals surface area contributed by atoms with Crippen LogP contribution in [-0.2, 0) is 24.4 Å². The molecular formula is C23H22N4O5. The number of anilines is 1. The summed E-state index contributed by atoms with van der Waals surface area (Å²) in [6.45, 7) is 6.25. The molecule has 0 aliphatic carbocycles. The molecule has 3 aromatic rings. The van der Waals surface area contributed by atoms with Gasteiger partial charge in [0.1, 0.15) is 18.0 Å². The van der Waals surface area contributed by atoms with E-state index in [2.05, 4.69) is 18.5 Å². The van der Waals surface area contributed by atoms with E-state index in [9.17, 15) is 19.2 Å². The Bertz CT molecular complexity index is 1270. The molecule has 0 unspecified atom stereocenters. The van der Waals surface area contributed by atoms with Crippen LogP contribution in [0.1, 0.15) is 0 Å². The molecule has 2 aromatic carbocycles. The van der Waals surface area contributed by atoms with Gasteiger partial charge in [-0.1, -0.05) is 36.4 Å². The van der Waals surface area contributed by atoms with Crippen molar-refractivity contribution in [1.82, 2.24) is 13.7 Å². The lowest BCUT2D eigenvalue weighted by Crippen LogP contribution is -2.55. The Morgan fingerprint density at radius 2 is 1.38 bits per heavy atom. The molecule has 1 amide bonds. The zero-order chi connectivity index (χ0) is 23.1. The monoisotopic (exact) mass is 434 g/mol. The second-order valence-electron chi connectivity index (χ2n) is 6.72. The van der Waals surface area contributed by atoms with Gasteiger partial charge in [0, 0.05) is 11.8 Å². The highest BCUT2D eigenvalue weighted by Gasteiger charge is 2.16. The van der Waals surface area contributed by atoms with E-state index in [0.717, 1.165) is 9.13 Å². The molecule has 3 rings (SSSR count). The van der Waals surface area contributed by atoms with Gasteiger partial charge >= 0.3 is 17.1 Å². The van der Waals surface area contributed by atoms with Crippen LogP contribution in [0, 0.1) is 0 Å². The average molecular weight is 434 g/mol. The van der Waals surface area contributed by atoms with Gasteiger partial charge in [0.2, 0.25) is 5.91 Å². The summed E-state index contributed by atoms with van der Waals surface area (Å²) < 4.78 is 8.11. The minimum atomic E-state index is -0.892. The van der Waals surface area contributed by atoms with Gasteiger partial charge in [-0.05, 0) is 24.3 Å². The standard InChI is InChI=1S/C23H22N4O5/c1-3-13-25-21(29)26(14-4-2)23(31)27(22(25)30)16-20(28)24-17-9-8-12-19(15-17)32-18-10-6-5-7-11-18/h3-12,15H,1-2,13-14,16H2,(H,24,28). The molecule has 9 heteroatoms. The van der Waals surface area contributed by atoms with Gasteiger partial charge < -0.3 is 10.1 Å². The Balaban J connectivity index is 1.85. The largest absolute Gasteiger partial charge is 0.457 e. The van der Waals surface area contributed by atoms with Crippen LogP contribution in [0.4, 0.5) is 5.69 Å². The number of hydrogen-bond acceptors (Lipinski definition) is 5. The number of allylic oxidation sites excluding steroid dienone is 2. The molecule has 0 saturated carbocycles. The van der Waals surface area contributed by atoms with Crippen LogP contribution in [-0.4, -0.2) is 19.6 Å². The molecule has 0 atom stereocenters. The maximum atomic E-state index is 12.6. The van der Waals surface area contributed by atoms with Crippen molar-refractivity contribution in [1.29, 1.82) is 0 Å². The summed E-state index contributed by atoms with van der Waals surface area (Å²) in [4.78, 5) is 50.3. The van der Waals surface area contributed by atoms with Gasteiger partial charge in [-0.3, -0.25) is 4.79 Å². The number of benzene rings is 2. The Hall–Kier alpha value is -4.40. The van der Waals surface area contributed by atoms with E-state index in [1.165, 1.54) is 12.2 Å². The molecule has 1 N–H and O–H groups in total. The van der Waals surface area contributed by atoms with E-state index in [-0.39, 0.29) is 13.1 Å². The predicted octanol–water partition coefficient (Wildman–Crippen LogP) is 1.97. The fourth-order valence-electron chi connectivity index (χ4n) is 2.99. The first-order chi connectivity index (χ1) is 15.4. The molecule has 0 fully saturated rings. The number of aromatic nitrogens is 3. The van der Waals surface area contributed by atoms with Crippen molar-refractivity contribution in [2.45, 2.75) is 19.6 Å². The summed E-state index contributed by atoms with van der Waals surface area (Å²) >= 11 is 0. The number of para-hydroxylation sites is 1. The number of ether oxygens (including phenoxy) is 1. The third kappa shape index (κ3) is 5.01. The van der Waals surface area contributed by atoms with Crippen LogP contribution in [0.5, 0.6) is 11.5 Å². The molecule has 32 heavy (non-hydrogen) atoms. The van der Waals surface area contributed by atoms with Crippen molar-refractivity contribution in [3.63, 3.8) is 0 Å². The van der Waals surface area contributed by atoms with Gasteiger partial charge in [-0.25, -0.2) is 28.1 Å². The molecule has 0 bridgehead atoms. The fourth-order valence-corrected chi connectivity index (χ4v) is 2.99. The number of hydrogen-bond donors (Lipinski definition) is 1. The highest BCUT2D eigenvalue weighted by atomic mass is 16.5. The van der Waals surface area contributed by atoms with E-state index >= 15 is 0 Å². The predicted molar refractivity (Wildman–Crippen MR) is 121 cm³/mol. The highest BCUT2D eigenvalue weighted by molar-refractivity contribution is 5.90. The molecular weight excluding hydrogens is 412 g/mol. The summed E-state index contributed by atoms with van der Waals surface area (Å²) in [6.07, 6.45) is 2.71. The van der Waals surface area contributed by atoms with Crippen LogP contribution in [0.25, 0.3) is 0 Å². The Morgan fingerprint density at radius 3 is 1.97 bits per heavy atom. The molecule has 0 aliphatic rings. The Labute approximate surface area is 183 Å². The molecule has 0 saturated heterocycles. The molecule has 1 heterocycles. The third-order valence-electron chi connectivity index (χ3n) is 4.41.